The number of nitrogens with two attached hydrogens (primary N) is 2. The molecular weight excluding hydrogens is 364 g/mol. The Morgan fingerprint density at radius 2 is 1.23 bits per heavy atom. The van der Waals surface area contributed by atoms with E-state index in [0.29, 0.717) is 0 Å². The zero-order chi connectivity index (χ0) is 20.6. The van der Waals surface area contributed by atoms with Gasteiger partial charge in [0.15, 0.2) is 0 Å². The lowest BCUT2D eigenvalue weighted by Gasteiger charge is -2.29. The number of benzene rings is 4. The highest BCUT2D eigenvalue weighted by Crippen LogP contribution is 2.39. The van der Waals surface area contributed by atoms with Gasteiger partial charge >= 0.3 is 0 Å². The lowest BCUT2D eigenvalue weighted by atomic mass is 9.80. The number of hydrogen-bond donors (Lipinski definition) is 2. The molecule has 5 rings (SSSR count). The molecule has 2 heteroatoms. The summed E-state index contributed by atoms with van der Waals surface area (Å²) in [7, 11) is 0. The van der Waals surface area contributed by atoms with E-state index >= 15 is 0 Å². The number of fused-ring (bicyclic) bond motifs is 1. The second kappa shape index (κ2) is 7.42. The van der Waals surface area contributed by atoms with Crippen LogP contribution in [0.5, 0.6) is 0 Å². The first-order chi connectivity index (χ1) is 14.6. The predicted octanol–water partition coefficient (Wildman–Crippen LogP) is 5.86. The van der Waals surface area contributed by atoms with Gasteiger partial charge in [0.1, 0.15) is 5.66 Å². The molecule has 146 valence electrons. The zero-order valence-electron chi connectivity index (χ0n) is 16.7. The van der Waals surface area contributed by atoms with E-state index in [9.17, 15) is 0 Å². The summed E-state index contributed by atoms with van der Waals surface area (Å²) < 4.78 is 0. The highest BCUT2D eigenvalue weighted by atomic mass is 14.9. The Morgan fingerprint density at radius 3 is 2.00 bits per heavy atom. The van der Waals surface area contributed by atoms with Crippen LogP contribution in [0.3, 0.4) is 0 Å². The van der Waals surface area contributed by atoms with E-state index in [2.05, 4.69) is 97.1 Å². The summed E-state index contributed by atoms with van der Waals surface area (Å²) in [5, 5.41) is 2.44. The van der Waals surface area contributed by atoms with Crippen LogP contribution in [0.4, 0.5) is 0 Å². The van der Waals surface area contributed by atoms with Gasteiger partial charge in [0, 0.05) is 5.92 Å². The number of allylic oxidation sites excluding steroid dienone is 2. The van der Waals surface area contributed by atoms with Gasteiger partial charge in [-0.1, -0.05) is 97.1 Å². The number of rotatable bonds is 3. The van der Waals surface area contributed by atoms with E-state index in [1.165, 1.54) is 27.5 Å². The Morgan fingerprint density at radius 1 is 0.600 bits per heavy atom. The molecule has 4 aromatic carbocycles. The molecule has 0 radical (unpaired) electrons. The van der Waals surface area contributed by atoms with Crippen LogP contribution in [0, 0.1) is 0 Å². The van der Waals surface area contributed by atoms with Crippen molar-refractivity contribution in [1.82, 2.24) is 0 Å². The maximum Gasteiger partial charge on any atom is 0.103 e. The summed E-state index contributed by atoms with van der Waals surface area (Å²) in [5.41, 5.74) is 17.5. The van der Waals surface area contributed by atoms with Crippen LogP contribution < -0.4 is 11.5 Å². The van der Waals surface area contributed by atoms with Crippen molar-refractivity contribution in [3.05, 3.63) is 126 Å². The Balaban J connectivity index is 1.55. The molecule has 0 bridgehead atoms. The summed E-state index contributed by atoms with van der Waals surface area (Å²) in [4.78, 5) is 0. The topological polar surface area (TPSA) is 52.0 Å². The first-order valence-electron chi connectivity index (χ1n) is 10.2. The van der Waals surface area contributed by atoms with E-state index in [1.807, 2.05) is 18.2 Å². The van der Waals surface area contributed by atoms with Crippen molar-refractivity contribution in [3.63, 3.8) is 0 Å². The summed E-state index contributed by atoms with van der Waals surface area (Å²) >= 11 is 0. The SMILES string of the molecule is NC1(N)C=CC(c2ccc(-c3ccccc3)cc2)C(c2ccc3ccccc3c2)=C1. The Hall–Kier alpha value is -3.46. The Labute approximate surface area is 177 Å². The molecule has 4 aromatic rings. The largest absolute Gasteiger partial charge is 0.307 e. The predicted molar refractivity (Wildman–Crippen MR) is 127 cm³/mol. The summed E-state index contributed by atoms with van der Waals surface area (Å²) in [6.07, 6.45) is 6.02. The highest BCUT2D eigenvalue weighted by molar-refractivity contribution is 5.88. The summed E-state index contributed by atoms with van der Waals surface area (Å²) in [5.74, 6) is 0.108. The van der Waals surface area contributed by atoms with Crippen molar-refractivity contribution in [2.45, 2.75) is 11.6 Å². The first-order valence-corrected chi connectivity index (χ1v) is 10.2. The molecule has 0 heterocycles. The van der Waals surface area contributed by atoms with Crippen molar-refractivity contribution in [2.24, 2.45) is 11.5 Å². The Kier molecular flexibility index (Phi) is 4.59. The van der Waals surface area contributed by atoms with Crippen LogP contribution in [0.15, 0.2) is 115 Å². The molecule has 0 amide bonds. The molecule has 30 heavy (non-hydrogen) atoms. The van der Waals surface area contributed by atoms with Crippen LogP contribution in [-0.2, 0) is 0 Å². The normalized spacial score (nSPS) is 17.7. The molecule has 0 aliphatic heterocycles. The fraction of sp³-hybridized carbons (Fsp3) is 0.0714. The second-order valence-corrected chi connectivity index (χ2v) is 7.99. The van der Waals surface area contributed by atoms with Crippen LogP contribution in [0.1, 0.15) is 17.0 Å². The minimum absolute atomic E-state index is 0.108. The molecule has 0 fully saturated rings. The molecule has 1 atom stereocenters. The minimum atomic E-state index is -0.943. The van der Waals surface area contributed by atoms with Crippen molar-refractivity contribution < 1.29 is 0 Å². The lowest BCUT2D eigenvalue weighted by Crippen LogP contribution is -2.46. The minimum Gasteiger partial charge on any atom is -0.307 e. The standard InChI is InChI=1S/C28H24N2/c29-28(30)17-16-26(23-13-10-22(11-14-23)20-6-2-1-3-7-20)27(19-28)25-15-12-21-8-4-5-9-24(21)18-25/h1-19,26H,29-30H2. The maximum atomic E-state index is 6.27. The fourth-order valence-corrected chi connectivity index (χ4v) is 4.21. The van der Waals surface area contributed by atoms with E-state index in [-0.39, 0.29) is 5.92 Å². The highest BCUT2D eigenvalue weighted by Gasteiger charge is 2.25. The quantitative estimate of drug-likeness (QED) is 0.341. The van der Waals surface area contributed by atoms with Gasteiger partial charge in [0.2, 0.25) is 0 Å². The molecule has 2 nitrogen and oxygen atoms in total. The average Bonchev–Trinajstić information content (AvgIpc) is 2.79. The molecule has 0 saturated heterocycles. The summed E-state index contributed by atoms with van der Waals surface area (Å²) in [6, 6.07) is 34.1. The molecule has 4 N–H and O–H groups in total. The van der Waals surface area contributed by atoms with Crippen molar-refractivity contribution >= 4 is 16.3 Å². The van der Waals surface area contributed by atoms with Gasteiger partial charge in [-0.05, 0) is 56.8 Å². The third kappa shape index (κ3) is 3.59. The first kappa shape index (κ1) is 18.6. The average molecular weight is 389 g/mol. The monoisotopic (exact) mass is 388 g/mol. The van der Waals surface area contributed by atoms with Gasteiger partial charge in [-0.25, -0.2) is 0 Å². The maximum absolute atomic E-state index is 6.27. The zero-order valence-corrected chi connectivity index (χ0v) is 16.7. The fourth-order valence-electron chi connectivity index (χ4n) is 4.21. The summed E-state index contributed by atoms with van der Waals surface area (Å²) in [6.45, 7) is 0. The van der Waals surface area contributed by atoms with Gasteiger partial charge < -0.3 is 11.5 Å². The van der Waals surface area contributed by atoms with Gasteiger partial charge in [0.25, 0.3) is 0 Å². The molecule has 0 saturated carbocycles. The van der Waals surface area contributed by atoms with E-state index in [0.717, 1.165) is 11.1 Å². The van der Waals surface area contributed by atoms with Crippen LogP contribution in [0.2, 0.25) is 0 Å². The lowest BCUT2D eigenvalue weighted by molar-refractivity contribution is 0.679. The van der Waals surface area contributed by atoms with Gasteiger partial charge in [-0.2, -0.15) is 0 Å². The van der Waals surface area contributed by atoms with E-state index < -0.39 is 5.66 Å². The number of hydrogen-bond acceptors (Lipinski definition) is 2. The van der Waals surface area contributed by atoms with Crippen molar-refractivity contribution in [3.8, 4) is 11.1 Å². The molecule has 1 aliphatic rings. The Bertz CT molecular complexity index is 1250. The van der Waals surface area contributed by atoms with Crippen molar-refractivity contribution in [2.75, 3.05) is 0 Å². The van der Waals surface area contributed by atoms with Gasteiger partial charge in [-0.15, -0.1) is 0 Å². The smallest absolute Gasteiger partial charge is 0.103 e. The molecule has 0 aromatic heterocycles. The van der Waals surface area contributed by atoms with E-state index in [1.54, 1.807) is 0 Å². The molecular formula is C28H24N2. The molecule has 1 aliphatic carbocycles. The third-order valence-corrected chi connectivity index (χ3v) is 5.78. The van der Waals surface area contributed by atoms with Gasteiger partial charge in [0.05, 0.1) is 0 Å². The van der Waals surface area contributed by atoms with Gasteiger partial charge in [-0.3, -0.25) is 0 Å². The van der Waals surface area contributed by atoms with Crippen molar-refractivity contribution in [1.29, 1.82) is 0 Å². The second-order valence-electron chi connectivity index (χ2n) is 7.99. The third-order valence-electron chi connectivity index (χ3n) is 5.78. The van der Waals surface area contributed by atoms with Crippen LogP contribution in [0.25, 0.3) is 27.5 Å². The van der Waals surface area contributed by atoms with Crippen LogP contribution >= 0.6 is 0 Å². The molecule has 0 spiro atoms. The van der Waals surface area contributed by atoms with E-state index in [4.69, 9.17) is 11.5 Å². The van der Waals surface area contributed by atoms with Crippen LogP contribution in [-0.4, -0.2) is 5.66 Å². The molecule has 1 unspecified atom stereocenters.